The highest BCUT2D eigenvalue weighted by molar-refractivity contribution is 7.89. The summed E-state index contributed by atoms with van der Waals surface area (Å²) in [4.78, 5) is 4.38. The van der Waals surface area contributed by atoms with Crippen LogP contribution in [-0.2, 0) is 16.4 Å². The zero-order chi connectivity index (χ0) is 15.5. The minimum atomic E-state index is -3.16. The quantitative estimate of drug-likeness (QED) is 0.864. The van der Waals surface area contributed by atoms with E-state index in [1.54, 1.807) is 11.3 Å². The molecule has 1 aromatic heterocycles. The molecular weight excluding hydrogens is 308 g/mol. The second-order valence-corrected chi connectivity index (χ2v) is 8.88. The van der Waals surface area contributed by atoms with E-state index in [-0.39, 0.29) is 5.75 Å². The first kappa shape index (κ1) is 16.9. The third-order valence-electron chi connectivity index (χ3n) is 3.95. The van der Waals surface area contributed by atoms with E-state index < -0.39 is 15.6 Å². The Morgan fingerprint density at radius 3 is 2.62 bits per heavy atom. The molecule has 7 heteroatoms. The Bertz CT molecular complexity index is 561. The van der Waals surface area contributed by atoms with Gasteiger partial charge in [0.1, 0.15) is 0 Å². The number of aryl methyl sites for hydroxylation is 1. The number of aliphatic hydroxyl groups is 1. The summed E-state index contributed by atoms with van der Waals surface area (Å²) in [7, 11) is -3.16. The summed E-state index contributed by atoms with van der Waals surface area (Å²) in [6, 6.07) is 0. The summed E-state index contributed by atoms with van der Waals surface area (Å²) in [5.74, 6) is 0.216. The minimum Gasteiger partial charge on any atom is -0.389 e. The van der Waals surface area contributed by atoms with Crippen LogP contribution in [0, 0.1) is 6.92 Å². The molecule has 2 rings (SSSR count). The van der Waals surface area contributed by atoms with Gasteiger partial charge in [-0.2, -0.15) is 0 Å². The smallest absolute Gasteiger partial charge is 0.214 e. The van der Waals surface area contributed by atoms with Crippen LogP contribution in [-0.4, -0.2) is 47.3 Å². The van der Waals surface area contributed by atoms with Crippen LogP contribution in [0.4, 0.5) is 0 Å². The van der Waals surface area contributed by atoms with Crippen molar-refractivity contribution in [2.75, 3.05) is 18.8 Å². The van der Waals surface area contributed by atoms with Gasteiger partial charge in [-0.25, -0.2) is 17.7 Å². The van der Waals surface area contributed by atoms with Crippen LogP contribution in [0.25, 0.3) is 0 Å². The average Bonchev–Trinajstić information content (AvgIpc) is 2.81. The molecule has 1 aromatic rings. The lowest BCUT2D eigenvalue weighted by Crippen LogP contribution is -2.48. The standard InChI is InChI=1S/C14H24N2O3S2/c1-3-4-9-21(18,19)16-7-5-14(17,6-8-16)10-13-15-12(2)11-20-13/h11,17H,3-10H2,1-2H3. The lowest BCUT2D eigenvalue weighted by atomic mass is 9.89. The van der Waals surface area contributed by atoms with Crippen molar-refractivity contribution in [3.05, 3.63) is 16.1 Å². The lowest BCUT2D eigenvalue weighted by molar-refractivity contribution is -0.00445. The maximum absolute atomic E-state index is 12.2. The van der Waals surface area contributed by atoms with Crippen LogP contribution in [0.5, 0.6) is 0 Å². The summed E-state index contributed by atoms with van der Waals surface area (Å²) < 4.78 is 25.8. The molecular formula is C14H24N2O3S2. The number of piperidine rings is 1. The van der Waals surface area contributed by atoms with Gasteiger partial charge in [0.15, 0.2) is 0 Å². The van der Waals surface area contributed by atoms with Crippen LogP contribution >= 0.6 is 11.3 Å². The van der Waals surface area contributed by atoms with Crippen molar-refractivity contribution in [1.82, 2.24) is 9.29 Å². The second-order valence-electron chi connectivity index (χ2n) is 5.85. The number of sulfonamides is 1. The van der Waals surface area contributed by atoms with Crippen LogP contribution in [0.2, 0.25) is 0 Å². The van der Waals surface area contributed by atoms with Crippen molar-refractivity contribution < 1.29 is 13.5 Å². The molecule has 1 N–H and O–H groups in total. The molecule has 0 aromatic carbocycles. The van der Waals surface area contributed by atoms with Gasteiger partial charge in [-0.1, -0.05) is 13.3 Å². The minimum absolute atomic E-state index is 0.216. The highest BCUT2D eigenvalue weighted by Gasteiger charge is 2.36. The number of hydrogen-bond acceptors (Lipinski definition) is 5. The summed E-state index contributed by atoms with van der Waals surface area (Å²) in [6.45, 7) is 4.74. The molecule has 0 aliphatic carbocycles. The van der Waals surface area contributed by atoms with Crippen molar-refractivity contribution >= 4 is 21.4 Å². The predicted molar refractivity (Wildman–Crippen MR) is 85.0 cm³/mol. The van der Waals surface area contributed by atoms with Gasteiger partial charge in [-0.3, -0.25) is 0 Å². The Morgan fingerprint density at radius 2 is 2.10 bits per heavy atom. The number of unbranched alkanes of at least 4 members (excludes halogenated alkanes) is 1. The van der Waals surface area contributed by atoms with Crippen LogP contribution in [0.15, 0.2) is 5.38 Å². The van der Waals surface area contributed by atoms with Gasteiger partial charge in [-0.15, -0.1) is 11.3 Å². The highest BCUT2D eigenvalue weighted by Crippen LogP contribution is 2.29. The lowest BCUT2D eigenvalue weighted by Gasteiger charge is -2.37. The normalized spacial score (nSPS) is 19.8. The maximum atomic E-state index is 12.2. The first-order valence-corrected chi connectivity index (χ1v) is 9.95. The number of thiazole rings is 1. The van der Waals surface area contributed by atoms with Crippen molar-refractivity contribution in [3.8, 4) is 0 Å². The Morgan fingerprint density at radius 1 is 1.43 bits per heavy atom. The maximum Gasteiger partial charge on any atom is 0.214 e. The highest BCUT2D eigenvalue weighted by atomic mass is 32.2. The van der Waals surface area contributed by atoms with Crippen molar-refractivity contribution in [2.45, 2.75) is 51.6 Å². The Labute approximate surface area is 131 Å². The molecule has 0 radical (unpaired) electrons. The van der Waals surface area contributed by atoms with Crippen molar-refractivity contribution in [1.29, 1.82) is 0 Å². The molecule has 21 heavy (non-hydrogen) atoms. The fourth-order valence-electron chi connectivity index (χ4n) is 2.58. The first-order valence-electron chi connectivity index (χ1n) is 7.46. The summed E-state index contributed by atoms with van der Waals surface area (Å²) in [6.07, 6.45) is 3.06. The zero-order valence-corrected chi connectivity index (χ0v) is 14.3. The Hall–Kier alpha value is -0.500. The van der Waals surface area contributed by atoms with E-state index in [0.29, 0.717) is 38.8 Å². The topological polar surface area (TPSA) is 70.5 Å². The summed E-state index contributed by atoms with van der Waals surface area (Å²) >= 11 is 1.56. The zero-order valence-electron chi connectivity index (χ0n) is 12.7. The SMILES string of the molecule is CCCCS(=O)(=O)N1CCC(O)(Cc2nc(C)cs2)CC1. The molecule has 0 bridgehead atoms. The molecule has 1 aliphatic rings. The number of hydrogen-bond donors (Lipinski definition) is 1. The monoisotopic (exact) mass is 332 g/mol. The number of nitrogens with zero attached hydrogens (tertiary/aromatic N) is 2. The van der Waals surface area contributed by atoms with Crippen molar-refractivity contribution in [3.63, 3.8) is 0 Å². The van der Waals surface area contributed by atoms with E-state index in [2.05, 4.69) is 4.98 Å². The molecule has 1 saturated heterocycles. The van der Waals surface area contributed by atoms with Gasteiger partial charge in [-0.05, 0) is 26.2 Å². The Balaban J connectivity index is 1.92. The van der Waals surface area contributed by atoms with E-state index in [1.165, 1.54) is 4.31 Å². The van der Waals surface area contributed by atoms with E-state index in [9.17, 15) is 13.5 Å². The van der Waals surface area contributed by atoms with Gasteiger partial charge in [0.25, 0.3) is 0 Å². The fourth-order valence-corrected chi connectivity index (χ4v) is 5.14. The average molecular weight is 332 g/mol. The second kappa shape index (κ2) is 6.73. The first-order chi connectivity index (χ1) is 9.85. The molecule has 0 spiro atoms. The van der Waals surface area contributed by atoms with Gasteiger partial charge < -0.3 is 5.11 Å². The third kappa shape index (κ3) is 4.48. The predicted octanol–water partition coefficient (Wildman–Crippen LogP) is 1.95. The van der Waals surface area contributed by atoms with E-state index in [0.717, 1.165) is 17.1 Å². The van der Waals surface area contributed by atoms with Gasteiger partial charge in [0.2, 0.25) is 10.0 Å². The molecule has 120 valence electrons. The third-order valence-corrected chi connectivity index (χ3v) is 6.87. The fraction of sp³-hybridized carbons (Fsp3) is 0.786. The van der Waals surface area contributed by atoms with Gasteiger partial charge in [0.05, 0.1) is 16.4 Å². The van der Waals surface area contributed by atoms with Gasteiger partial charge in [0, 0.05) is 30.6 Å². The van der Waals surface area contributed by atoms with Gasteiger partial charge >= 0.3 is 0 Å². The molecule has 0 atom stereocenters. The summed E-state index contributed by atoms with van der Waals surface area (Å²) in [5, 5.41) is 13.5. The largest absolute Gasteiger partial charge is 0.389 e. The van der Waals surface area contributed by atoms with Crippen molar-refractivity contribution in [2.24, 2.45) is 0 Å². The Kier molecular flexibility index (Phi) is 5.40. The van der Waals surface area contributed by atoms with E-state index >= 15 is 0 Å². The molecule has 5 nitrogen and oxygen atoms in total. The number of aromatic nitrogens is 1. The summed E-state index contributed by atoms with van der Waals surface area (Å²) in [5.41, 5.74) is 0.152. The molecule has 0 saturated carbocycles. The molecule has 1 fully saturated rings. The van der Waals surface area contributed by atoms with Crippen LogP contribution < -0.4 is 0 Å². The molecule has 0 amide bonds. The molecule has 2 heterocycles. The van der Waals surface area contributed by atoms with Crippen LogP contribution in [0.3, 0.4) is 0 Å². The molecule has 0 unspecified atom stereocenters. The number of rotatable bonds is 6. The van der Waals surface area contributed by atoms with E-state index in [4.69, 9.17) is 0 Å². The molecule has 1 aliphatic heterocycles. The van der Waals surface area contributed by atoms with Crippen LogP contribution in [0.1, 0.15) is 43.3 Å². The van der Waals surface area contributed by atoms with E-state index in [1.807, 2.05) is 19.2 Å².